The van der Waals surface area contributed by atoms with Gasteiger partial charge in [0.15, 0.2) is 0 Å². The molecule has 7 heteroatoms. The average Bonchev–Trinajstić information content (AvgIpc) is 2.03. The van der Waals surface area contributed by atoms with Crippen LogP contribution in [0.15, 0.2) is 0 Å². The minimum absolute atomic E-state index is 0. The smallest absolute Gasteiger partial charge is 1.00 e. The molecule has 0 unspecified atom stereocenters. The predicted octanol–water partition coefficient (Wildman–Crippen LogP) is -7.58. The topological polar surface area (TPSA) is 68.3 Å². The third-order valence-electron chi connectivity index (χ3n) is 0. The van der Waals surface area contributed by atoms with Gasteiger partial charge >= 0.3 is 20.1 Å². The maximum Gasteiger partial charge on any atom is 2.00 e. The summed E-state index contributed by atoms with van der Waals surface area (Å²) in [7, 11) is 0. The van der Waals surface area contributed by atoms with Gasteiger partial charge in [0.1, 0.15) is 0 Å². The summed E-state index contributed by atoms with van der Waals surface area (Å²) in [5.74, 6) is 0. The van der Waals surface area contributed by atoms with Crippen molar-refractivity contribution in [2.24, 2.45) is 0 Å². The van der Waals surface area contributed by atoms with E-state index in [0.29, 0.717) is 0 Å². The van der Waals surface area contributed by atoms with E-state index in [4.69, 9.17) is 19.2 Å². The van der Waals surface area contributed by atoms with Crippen LogP contribution < -0.4 is 34.0 Å². The molecule has 0 aromatic rings. The molecule has 0 rings (SSSR count). The third-order valence-corrected chi connectivity index (χ3v) is 0. The summed E-state index contributed by atoms with van der Waals surface area (Å²) in [5, 5.41) is 0. The van der Waals surface area contributed by atoms with Gasteiger partial charge in [-0.3, -0.25) is 19.2 Å². The van der Waals surface area contributed by atoms with E-state index < -0.39 is 0 Å². The molecule has 0 saturated heterocycles. The van der Waals surface area contributed by atoms with Crippen molar-refractivity contribution in [2.75, 3.05) is 0 Å². The molecule has 0 atom stereocenters. The molecule has 0 heterocycles. The van der Waals surface area contributed by atoms with Gasteiger partial charge in [-0.1, -0.05) is 0 Å². The molecule has 9 radical (unpaired) electrons. The van der Waals surface area contributed by atoms with E-state index in [2.05, 4.69) is 27.2 Å². The monoisotopic (exact) mass is 463 g/mol. The Balaban J connectivity index is -0.00000000356. The summed E-state index contributed by atoms with van der Waals surface area (Å²) >= 11 is 0. The van der Waals surface area contributed by atoms with Crippen LogP contribution in [-0.4, -0.2) is 27.2 Å². The van der Waals surface area contributed by atoms with Crippen molar-refractivity contribution >= 4 is 27.2 Å². The Bertz CT molecular complexity index is 28.1. The molecule has 0 bridgehead atoms. The van der Waals surface area contributed by atoms with Crippen LogP contribution in [0.5, 0.6) is 0 Å². The molecule has 11 heavy (non-hydrogen) atoms. The van der Waals surface area contributed by atoms with Gasteiger partial charge in [-0.25, -0.2) is 0 Å². The normalized spacial score (nSPS) is 1.45. The molecule has 0 aliphatic heterocycles. The SMILES string of the molecule is [Br-].[Br-].[C]=O.[C]=O.[C]=O.[C]=O.[Ir+2]. The fraction of sp³-hybridized carbons (Fsp3) is 0. The Morgan fingerprint density at radius 3 is 0.455 bits per heavy atom. The third kappa shape index (κ3) is 8440. The van der Waals surface area contributed by atoms with E-state index in [1.54, 1.807) is 0 Å². The first kappa shape index (κ1) is 65.0. The molecule has 0 amide bonds. The number of carbonyl (C=O) groups excluding carboxylic acids is 4. The zero-order chi connectivity index (χ0) is 8.00. The molecule has 0 spiro atoms. The fourth-order valence-corrected chi connectivity index (χ4v) is 0. The fourth-order valence-electron chi connectivity index (χ4n) is 0. The molecule has 63 valence electrons. The molecule has 4 nitrogen and oxygen atoms in total. The van der Waals surface area contributed by atoms with Gasteiger partial charge in [-0.05, 0) is 0 Å². The number of rotatable bonds is 0. The van der Waals surface area contributed by atoms with Crippen LogP contribution in [0.3, 0.4) is 0 Å². The summed E-state index contributed by atoms with van der Waals surface area (Å²) < 4.78 is 0. The zero-order valence-electron chi connectivity index (χ0n) is 4.72. The first-order chi connectivity index (χ1) is 4.00. The quantitative estimate of drug-likeness (QED) is 0.358. The van der Waals surface area contributed by atoms with Crippen molar-refractivity contribution < 1.29 is 73.2 Å². The Labute approximate surface area is 100 Å². The van der Waals surface area contributed by atoms with Crippen LogP contribution in [-0.2, 0) is 39.3 Å². The predicted molar refractivity (Wildman–Crippen MR) is 22.8 cm³/mol. The second kappa shape index (κ2) is 10600. The molecule has 0 aromatic carbocycles. The van der Waals surface area contributed by atoms with E-state index in [1.807, 2.05) is 0 Å². The van der Waals surface area contributed by atoms with Gasteiger partial charge in [-0.15, -0.1) is 0 Å². The van der Waals surface area contributed by atoms with Gasteiger partial charge in [0.2, 0.25) is 0 Å². The van der Waals surface area contributed by atoms with Gasteiger partial charge in [0.05, 0.1) is 0 Å². The number of hydrogen-bond donors (Lipinski definition) is 0. The van der Waals surface area contributed by atoms with Crippen LogP contribution in [0.25, 0.3) is 0 Å². The van der Waals surface area contributed by atoms with Crippen molar-refractivity contribution in [2.45, 2.75) is 0 Å². The van der Waals surface area contributed by atoms with Crippen LogP contribution in [0.2, 0.25) is 0 Å². The van der Waals surface area contributed by atoms with Gasteiger partial charge < -0.3 is 34.0 Å². The minimum atomic E-state index is 0. The van der Waals surface area contributed by atoms with E-state index >= 15 is 0 Å². The van der Waals surface area contributed by atoms with Gasteiger partial charge in [-0.2, -0.15) is 0 Å². The van der Waals surface area contributed by atoms with E-state index in [0.717, 1.165) is 0 Å². The Kier molecular flexibility index (Phi) is 62600. The zero-order valence-corrected chi connectivity index (χ0v) is 10.3. The summed E-state index contributed by atoms with van der Waals surface area (Å²) in [6.07, 6.45) is 0. The largest absolute Gasteiger partial charge is 2.00 e. The van der Waals surface area contributed by atoms with E-state index in [-0.39, 0.29) is 54.1 Å². The molecule has 0 N–H and O–H groups in total. The molecular formula is C4Br2IrO4. The number of halogens is 2. The van der Waals surface area contributed by atoms with Crippen molar-refractivity contribution in [3.63, 3.8) is 0 Å². The summed E-state index contributed by atoms with van der Waals surface area (Å²) in [6, 6.07) is 0. The first-order valence-corrected chi connectivity index (χ1v) is 0.816. The van der Waals surface area contributed by atoms with E-state index in [1.165, 1.54) is 0 Å². The van der Waals surface area contributed by atoms with Crippen LogP contribution >= 0.6 is 0 Å². The molecule has 0 aromatic heterocycles. The Morgan fingerprint density at radius 1 is 0.455 bits per heavy atom. The van der Waals surface area contributed by atoms with Crippen LogP contribution in [0, 0.1) is 0 Å². The molecule has 0 aliphatic carbocycles. The molecular weight excluding hydrogens is 464 g/mol. The second-order valence-corrected chi connectivity index (χ2v) is 0. The average molecular weight is 464 g/mol. The standard InChI is InChI=1S/4CO.2BrH.Ir/c4*1-2;;;/h;;;;2*1H;/q;;;;;;+2/p-2. The van der Waals surface area contributed by atoms with Crippen molar-refractivity contribution in [3.8, 4) is 0 Å². The van der Waals surface area contributed by atoms with Gasteiger partial charge in [0.25, 0.3) is 27.2 Å². The molecule has 0 fully saturated rings. The summed E-state index contributed by atoms with van der Waals surface area (Å²) in [6.45, 7) is 18.0. The Morgan fingerprint density at radius 2 is 0.455 bits per heavy atom. The Hall–Kier alpha value is 0.289. The summed E-state index contributed by atoms with van der Waals surface area (Å²) in [4.78, 5) is 30.0. The maximum absolute atomic E-state index is 7.50. The first-order valence-electron chi connectivity index (χ1n) is 0.816. The molecule has 0 aliphatic rings. The second-order valence-electron chi connectivity index (χ2n) is 0. The molecule has 0 saturated carbocycles. The van der Waals surface area contributed by atoms with Gasteiger partial charge in [0, 0.05) is 0 Å². The maximum atomic E-state index is 7.50. The van der Waals surface area contributed by atoms with Crippen molar-refractivity contribution in [3.05, 3.63) is 0 Å². The van der Waals surface area contributed by atoms with Crippen LogP contribution in [0.4, 0.5) is 0 Å². The van der Waals surface area contributed by atoms with Crippen LogP contribution in [0.1, 0.15) is 0 Å². The van der Waals surface area contributed by atoms with Crippen molar-refractivity contribution in [1.82, 2.24) is 0 Å². The number of hydrogen-bond acceptors (Lipinski definition) is 4. The van der Waals surface area contributed by atoms with Crippen molar-refractivity contribution in [1.29, 1.82) is 0 Å². The van der Waals surface area contributed by atoms with E-state index in [9.17, 15) is 0 Å². The minimum Gasteiger partial charge on any atom is -1.00 e. The summed E-state index contributed by atoms with van der Waals surface area (Å²) in [5.41, 5.74) is 0.